The maximum absolute atomic E-state index is 13.0. The van der Waals surface area contributed by atoms with E-state index < -0.39 is 25.1 Å². The lowest BCUT2D eigenvalue weighted by atomic mass is 10.2. The van der Waals surface area contributed by atoms with E-state index in [2.05, 4.69) is 0 Å². The predicted octanol–water partition coefficient (Wildman–Crippen LogP) is 2.63. The van der Waals surface area contributed by atoms with Crippen molar-refractivity contribution in [1.82, 2.24) is 4.31 Å². The molecule has 1 fully saturated rings. The fourth-order valence-corrected chi connectivity index (χ4v) is 6.77. The summed E-state index contributed by atoms with van der Waals surface area (Å²) in [7, 11) is -5.78. The summed E-state index contributed by atoms with van der Waals surface area (Å²) in [5.41, 5.74) is 0.816. The van der Waals surface area contributed by atoms with Gasteiger partial charge in [0.2, 0.25) is 10.0 Å². The quantitative estimate of drug-likeness (QED) is 0.758. The molecule has 0 spiro atoms. The number of sulfone groups is 1. The van der Waals surface area contributed by atoms with Crippen LogP contribution >= 0.6 is 0 Å². The van der Waals surface area contributed by atoms with Crippen molar-refractivity contribution in [3.8, 4) is 5.75 Å². The van der Waals surface area contributed by atoms with Crippen molar-refractivity contribution in [2.24, 2.45) is 0 Å². The number of aryl methyl sites for hydroxylation is 1. The van der Waals surface area contributed by atoms with Crippen LogP contribution in [0.4, 0.5) is 0 Å². The number of ether oxygens (including phenoxy) is 1. The van der Waals surface area contributed by atoms with Crippen LogP contribution in [0.25, 0.3) is 0 Å². The average molecular weight is 410 g/mol. The number of hydrogen-bond donors (Lipinski definition) is 0. The molecular formula is C19H23NO5S2. The highest BCUT2D eigenvalue weighted by Crippen LogP contribution is 2.31. The molecule has 0 N–H and O–H groups in total. The van der Waals surface area contributed by atoms with Gasteiger partial charge in [-0.1, -0.05) is 24.3 Å². The largest absolute Gasteiger partial charge is 0.495 e. The zero-order chi connectivity index (χ0) is 19.7. The fourth-order valence-electron chi connectivity index (χ4n) is 3.31. The van der Waals surface area contributed by atoms with Gasteiger partial charge in [-0.3, -0.25) is 0 Å². The van der Waals surface area contributed by atoms with Crippen LogP contribution < -0.4 is 4.74 Å². The highest BCUT2D eigenvalue weighted by molar-refractivity contribution is 7.92. The Labute approximate surface area is 160 Å². The number of methoxy groups -OCH3 is 1. The molecule has 8 heteroatoms. The SMILES string of the molecule is COc1ccc(C)cc1S(=O)(=O)N1CCC(S(=O)(=O)c2ccccc2)CC1. The summed E-state index contributed by atoms with van der Waals surface area (Å²) in [5, 5.41) is -0.578. The second kappa shape index (κ2) is 7.61. The van der Waals surface area contributed by atoms with E-state index in [1.807, 2.05) is 6.92 Å². The second-order valence-corrected chi connectivity index (χ2v) is 10.8. The third-order valence-corrected chi connectivity index (χ3v) is 9.05. The van der Waals surface area contributed by atoms with Crippen LogP contribution in [0, 0.1) is 6.92 Å². The van der Waals surface area contributed by atoms with Crippen LogP contribution in [0.1, 0.15) is 18.4 Å². The van der Waals surface area contributed by atoms with Crippen molar-refractivity contribution in [1.29, 1.82) is 0 Å². The van der Waals surface area contributed by atoms with E-state index >= 15 is 0 Å². The summed E-state index contributed by atoms with van der Waals surface area (Å²) in [6.07, 6.45) is 0.537. The Bertz CT molecular complexity index is 1010. The molecule has 1 heterocycles. The lowest BCUT2D eigenvalue weighted by Crippen LogP contribution is -2.42. The van der Waals surface area contributed by atoms with Gasteiger partial charge in [-0.2, -0.15) is 4.31 Å². The molecule has 0 atom stereocenters. The normalized spacial score (nSPS) is 17.0. The van der Waals surface area contributed by atoms with Gasteiger partial charge in [-0.25, -0.2) is 16.8 Å². The molecule has 146 valence electrons. The number of rotatable bonds is 5. The molecule has 3 rings (SSSR count). The second-order valence-electron chi connectivity index (χ2n) is 6.62. The van der Waals surface area contributed by atoms with Gasteiger partial charge in [-0.15, -0.1) is 0 Å². The molecule has 0 bridgehead atoms. The van der Waals surface area contributed by atoms with Crippen molar-refractivity contribution in [3.63, 3.8) is 0 Å². The summed E-state index contributed by atoms with van der Waals surface area (Å²) in [6.45, 7) is 2.14. The molecule has 1 saturated heterocycles. The van der Waals surface area contributed by atoms with E-state index in [-0.39, 0.29) is 35.7 Å². The Morgan fingerprint density at radius 2 is 1.59 bits per heavy atom. The first-order valence-corrected chi connectivity index (χ1v) is 11.7. The lowest BCUT2D eigenvalue weighted by molar-refractivity contribution is 0.342. The monoisotopic (exact) mass is 409 g/mol. The highest BCUT2D eigenvalue weighted by atomic mass is 32.2. The first kappa shape index (κ1) is 19.9. The topological polar surface area (TPSA) is 80.8 Å². The van der Waals surface area contributed by atoms with Gasteiger partial charge in [0.15, 0.2) is 9.84 Å². The first-order chi connectivity index (χ1) is 12.8. The Kier molecular flexibility index (Phi) is 5.60. The van der Waals surface area contributed by atoms with Crippen molar-refractivity contribution in [2.45, 2.75) is 34.8 Å². The third kappa shape index (κ3) is 3.88. The minimum absolute atomic E-state index is 0.120. The Hall–Kier alpha value is -1.90. The van der Waals surface area contributed by atoms with Gasteiger partial charge in [0.25, 0.3) is 0 Å². The van der Waals surface area contributed by atoms with Gasteiger partial charge in [0, 0.05) is 13.1 Å². The minimum atomic E-state index is -3.75. The Balaban J connectivity index is 1.81. The maximum Gasteiger partial charge on any atom is 0.246 e. The van der Waals surface area contributed by atoms with E-state index in [4.69, 9.17) is 4.74 Å². The van der Waals surface area contributed by atoms with Gasteiger partial charge in [-0.05, 0) is 49.6 Å². The smallest absolute Gasteiger partial charge is 0.246 e. The van der Waals surface area contributed by atoms with Gasteiger partial charge < -0.3 is 4.74 Å². The fraction of sp³-hybridized carbons (Fsp3) is 0.368. The molecule has 27 heavy (non-hydrogen) atoms. The predicted molar refractivity (Wildman–Crippen MR) is 103 cm³/mol. The summed E-state index contributed by atoms with van der Waals surface area (Å²) in [4.78, 5) is 0.404. The van der Waals surface area contributed by atoms with Gasteiger partial charge in [0.05, 0.1) is 17.3 Å². The van der Waals surface area contributed by atoms with Crippen LogP contribution in [0.2, 0.25) is 0 Å². The van der Waals surface area contributed by atoms with Crippen molar-refractivity contribution in [2.75, 3.05) is 20.2 Å². The average Bonchev–Trinajstić information content (AvgIpc) is 2.68. The van der Waals surface area contributed by atoms with Crippen LogP contribution in [0.15, 0.2) is 58.3 Å². The number of benzene rings is 2. The molecule has 0 aromatic heterocycles. The molecule has 2 aromatic carbocycles. The molecule has 0 radical (unpaired) electrons. The molecule has 0 amide bonds. The molecule has 1 aliphatic rings. The van der Waals surface area contributed by atoms with Gasteiger partial charge >= 0.3 is 0 Å². The minimum Gasteiger partial charge on any atom is -0.495 e. The number of piperidine rings is 1. The number of nitrogens with zero attached hydrogens (tertiary/aromatic N) is 1. The van der Waals surface area contributed by atoms with E-state index in [0.717, 1.165) is 5.56 Å². The van der Waals surface area contributed by atoms with Crippen LogP contribution in [-0.2, 0) is 19.9 Å². The first-order valence-electron chi connectivity index (χ1n) is 8.70. The molecule has 0 aliphatic carbocycles. The molecule has 6 nitrogen and oxygen atoms in total. The van der Waals surface area contributed by atoms with E-state index in [1.165, 1.54) is 11.4 Å². The van der Waals surface area contributed by atoms with E-state index in [9.17, 15) is 16.8 Å². The van der Waals surface area contributed by atoms with Crippen LogP contribution in [0.3, 0.4) is 0 Å². The number of hydrogen-bond acceptors (Lipinski definition) is 5. The third-order valence-electron chi connectivity index (χ3n) is 4.85. The zero-order valence-electron chi connectivity index (χ0n) is 15.3. The summed E-state index contributed by atoms with van der Waals surface area (Å²) in [6, 6.07) is 13.3. The van der Waals surface area contributed by atoms with Crippen molar-refractivity contribution >= 4 is 19.9 Å². The highest BCUT2D eigenvalue weighted by Gasteiger charge is 2.36. The maximum atomic E-state index is 13.0. The van der Waals surface area contributed by atoms with Crippen molar-refractivity contribution in [3.05, 3.63) is 54.1 Å². The Morgan fingerprint density at radius 1 is 0.963 bits per heavy atom. The number of sulfonamides is 1. The molecule has 2 aromatic rings. The van der Waals surface area contributed by atoms with E-state index in [0.29, 0.717) is 5.75 Å². The zero-order valence-corrected chi connectivity index (χ0v) is 17.0. The summed E-state index contributed by atoms with van der Waals surface area (Å²) in [5.74, 6) is 0.291. The standard InChI is InChI=1S/C19H23NO5S2/c1-15-8-9-18(25-2)19(14-15)27(23,24)20-12-10-17(11-13-20)26(21,22)16-6-4-3-5-7-16/h3-9,14,17H,10-13H2,1-2H3. The molecule has 0 saturated carbocycles. The lowest BCUT2D eigenvalue weighted by Gasteiger charge is -2.31. The molecular weight excluding hydrogens is 386 g/mol. The van der Waals surface area contributed by atoms with Crippen LogP contribution in [-0.4, -0.2) is 46.6 Å². The van der Waals surface area contributed by atoms with Crippen LogP contribution in [0.5, 0.6) is 5.75 Å². The Morgan fingerprint density at radius 3 is 2.19 bits per heavy atom. The van der Waals surface area contributed by atoms with E-state index in [1.54, 1.807) is 48.5 Å². The molecule has 1 aliphatic heterocycles. The molecule has 0 unspecified atom stereocenters. The summed E-state index contributed by atoms with van der Waals surface area (Å²) >= 11 is 0. The van der Waals surface area contributed by atoms with Crippen molar-refractivity contribution < 1.29 is 21.6 Å². The van der Waals surface area contributed by atoms with Gasteiger partial charge in [0.1, 0.15) is 10.6 Å². The summed E-state index contributed by atoms with van der Waals surface area (Å²) < 4.78 is 58.2.